The molecule has 0 bridgehead atoms. The SMILES string of the molecule is CC(C)OC(=O)C(O)[C@]1(Br)C(=O)N2[C@@H](C(=O)OCc3ccccc3)C(C)(C)S[C@@H]21. The van der Waals surface area contributed by atoms with Gasteiger partial charge in [-0.1, -0.05) is 46.3 Å². The molecule has 2 fully saturated rings. The molecule has 0 saturated carbocycles. The number of rotatable bonds is 6. The van der Waals surface area contributed by atoms with E-state index < -0.39 is 50.5 Å². The van der Waals surface area contributed by atoms with Crippen molar-refractivity contribution in [3.63, 3.8) is 0 Å². The number of benzene rings is 1. The Bertz CT molecular complexity index is 816. The van der Waals surface area contributed by atoms with Gasteiger partial charge in [0.05, 0.1) is 6.10 Å². The van der Waals surface area contributed by atoms with Crippen molar-refractivity contribution in [3.05, 3.63) is 35.9 Å². The van der Waals surface area contributed by atoms with Gasteiger partial charge in [0, 0.05) is 4.75 Å². The van der Waals surface area contributed by atoms with Gasteiger partial charge in [-0.25, -0.2) is 9.59 Å². The molecule has 1 aromatic carbocycles. The van der Waals surface area contributed by atoms with Crippen molar-refractivity contribution in [3.8, 4) is 0 Å². The number of hydrogen-bond donors (Lipinski definition) is 1. The fourth-order valence-electron chi connectivity index (χ4n) is 3.55. The molecule has 1 amide bonds. The van der Waals surface area contributed by atoms with E-state index in [1.165, 1.54) is 16.7 Å². The first-order valence-electron chi connectivity index (χ1n) is 9.28. The fourth-order valence-corrected chi connectivity index (χ4v) is 6.09. The van der Waals surface area contributed by atoms with E-state index in [2.05, 4.69) is 15.9 Å². The van der Waals surface area contributed by atoms with Crippen LogP contribution in [-0.2, 0) is 30.5 Å². The molecular formula is C20H24BrNO6S. The van der Waals surface area contributed by atoms with Gasteiger partial charge in [0.15, 0.2) is 10.4 Å². The van der Waals surface area contributed by atoms with Crippen LogP contribution >= 0.6 is 27.7 Å². The zero-order valence-corrected chi connectivity index (χ0v) is 19.0. The molecular weight excluding hydrogens is 462 g/mol. The minimum absolute atomic E-state index is 0.104. The summed E-state index contributed by atoms with van der Waals surface area (Å²) < 4.78 is 8.32. The zero-order valence-electron chi connectivity index (χ0n) is 16.6. The highest BCUT2D eigenvalue weighted by molar-refractivity contribution is 9.10. The number of carbonyl (C=O) groups excluding carboxylic acids is 3. The monoisotopic (exact) mass is 485 g/mol. The van der Waals surface area contributed by atoms with Gasteiger partial charge in [-0.05, 0) is 33.3 Å². The number of alkyl halides is 1. The summed E-state index contributed by atoms with van der Waals surface area (Å²) in [5, 5.41) is 9.91. The standard InChI is InChI=1S/C20H24BrNO6S/c1-11(2)28-16(25)14(23)20(21)17(26)22-13(19(3,4)29-18(20)22)15(24)27-10-12-8-6-5-7-9-12/h5-9,11,13-14,18,23H,10H2,1-4H3/t13-,14?,18+,20-/m0/s1. The molecule has 9 heteroatoms. The number of aliphatic hydroxyl groups excluding tert-OH is 1. The lowest BCUT2D eigenvalue weighted by atomic mass is 9.87. The molecule has 7 nitrogen and oxygen atoms in total. The van der Waals surface area contributed by atoms with Crippen LogP contribution < -0.4 is 0 Å². The van der Waals surface area contributed by atoms with E-state index in [9.17, 15) is 19.5 Å². The van der Waals surface area contributed by atoms with Crippen molar-refractivity contribution in [1.82, 2.24) is 4.90 Å². The number of esters is 2. The van der Waals surface area contributed by atoms with Gasteiger partial charge >= 0.3 is 11.9 Å². The molecule has 1 aromatic rings. The van der Waals surface area contributed by atoms with E-state index in [0.29, 0.717) is 0 Å². The molecule has 0 radical (unpaired) electrons. The van der Waals surface area contributed by atoms with E-state index >= 15 is 0 Å². The van der Waals surface area contributed by atoms with Crippen molar-refractivity contribution in [1.29, 1.82) is 0 Å². The number of aliphatic hydroxyl groups is 1. The van der Waals surface area contributed by atoms with Crippen LogP contribution in [-0.4, -0.2) is 60.5 Å². The highest BCUT2D eigenvalue weighted by Gasteiger charge is 2.74. The average molecular weight is 486 g/mol. The smallest absolute Gasteiger partial charge is 0.337 e. The predicted molar refractivity (Wildman–Crippen MR) is 111 cm³/mol. The van der Waals surface area contributed by atoms with E-state index in [4.69, 9.17) is 9.47 Å². The lowest BCUT2D eigenvalue weighted by Crippen LogP contribution is -2.75. The maximum atomic E-state index is 13.0. The summed E-state index contributed by atoms with van der Waals surface area (Å²) >= 11 is 4.63. The van der Waals surface area contributed by atoms with Crippen LogP contribution in [0.4, 0.5) is 0 Å². The Labute approximate surface area is 182 Å². The van der Waals surface area contributed by atoms with E-state index in [0.717, 1.165) is 5.56 Å². The van der Waals surface area contributed by atoms with E-state index in [-0.39, 0.29) is 6.61 Å². The van der Waals surface area contributed by atoms with Gasteiger partial charge in [0.2, 0.25) is 5.91 Å². The third-order valence-electron chi connectivity index (χ3n) is 4.95. The third-order valence-corrected chi connectivity index (χ3v) is 8.11. The summed E-state index contributed by atoms with van der Waals surface area (Å²) in [6, 6.07) is 8.44. The molecule has 1 N–H and O–H groups in total. The molecule has 2 aliphatic heterocycles. The molecule has 1 unspecified atom stereocenters. The lowest BCUT2D eigenvalue weighted by molar-refractivity contribution is -0.176. The van der Waals surface area contributed by atoms with Crippen molar-refractivity contribution < 1.29 is 29.0 Å². The number of amides is 1. The first kappa shape index (κ1) is 22.1. The number of hydrogen-bond acceptors (Lipinski definition) is 7. The maximum absolute atomic E-state index is 13.0. The Balaban J connectivity index is 1.75. The molecule has 2 saturated heterocycles. The molecule has 0 aliphatic carbocycles. The molecule has 3 rings (SSSR count). The normalized spacial score (nSPS) is 28.5. The first-order chi connectivity index (χ1) is 13.5. The van der Waals surface area contributed by atoms with Crippen LogP contribution in [0.3, 0.4) is 0 Å². The van der Waals surface area contributed by atoms with Crippen LogP contribution in [0.1, 0.15) is 33.3 Å². The lowest BCUT2D eigenvalue weighted by Gasteiger charge is -2.51. The van der Waals surface area contributed by atoms with Gasteiger partial charge in [-0.15, -0.1) is 11.8 Å². The van der Waals surface area contributed by atoms with Crippen molar-refractivity contribution in [2.75, 3.05) is 0 Å². The van der Waals surface area contributed by atoms with Gasteiger partial charge in [0.1, 0.15) is 18.0 Å². The Kier molecular flexibility index (Phi) is 6.04. The van der Waals surface area contributed by atoms with Crippen LogP contribution in [0, 0.1) is 0 Å². The quantitative estimate of drug-likeness (QED) is 0.375. The second-order valence-corrected chi connectivity index (χ2v) is 11.0. The summed E-state index contributed by atoms with van der Waals surface area (Å²) in [5.74, 6) is -1.93. The second-order valence-electron chi connectivity index (χ2n) is 7.94. The van der Waals surface area contributed by atoms with Crippen LogP contribution in [0.25, 0.3) is 0 Å². The third kappa shape index (κ3) is 3.80. The van der Waals surface area contributed by atoms with Crippen molar-refractivity contribution in [2.45, 2.75) is 67.0 Å². The van der Waals surface area contributed by atoms with Gasteiger partial charge in [-0.2, -0.15) is 0 Å². The minimum Gasteiger partial charge on any atom is -0.461 e. The molecule has 2 aliphatic rings. The largest absolute Gasteiger partial charge is 0.461 e. The highest BCUT2D eigenvalue weighted by Crippen LogP contribution is 2.59. The van der Waals surface area contributed by atoms with E-state index in [1.807, 2.05) is 44.2 Å². The minimum atomic E-state index is -1.68. The summed E-state index contributed by atoms with van der Waals surface area (Å²) in [6.07, 6.45) is -2.10. The number of fused-ring (bicyclic) bond motifs is 1. The Hall–Kier alpha value is -1.58. The molecule has 0 aromatic heterocycles. The van der Waals surface area contributed by atoms with Crippen LogP contribution in [0.5, 0.6) is 0 Å². The predicted octanol–water partition coefficient (Wildman–Crippen LogP) is 2.24. The Morgan fingerprint density at radius 2 is 1.90 bits per heavy atom. The Morgan fingerprint density at radius 1 is 1.28 bits per heavy atom. The number of thioether (sulfide) groups is 1. The van der Waals surface area contributed by atoms with Crippen molar-refractivity contribution >= 4 is 45.5 Å². The molecule has 2 heterocycles. The number of nitrogens with zero attached hydrogens (tertiary/aromatic N) is 1. The molecule has 4 atom stereocenters. The summed E-state index contributed by atoms with van der Waals surface area (Å²) in [4.78, 5) is 39.4. The topological polar surface area (TPSA) is 93.1 Å². The zero-order chi connectivity index (χ0) is 21.6. The average Bonchev–Trinajstić information content (AvgIpc) is 2.94. The summed E-state index contributed by atoms with van der Waals surface area (Å²) in [5.41, 5.74) is 0.845. The first-order valence-corrected chi connectivity index (χ1v) is 11.0. The summed E-state index contributed by atoms with van der Waals surface area (Å²) in [7, 11) is 0. The highest BCUT2D eigenvalue weighted by atomic mass is 79.9. The molecule has 0 spiro atoms. The van der Waals surface area contributed by atoms with Gasteiger partial charge < -0.3 is 19.5 Å². The number of carbonyl (C=O) groups is 3. The molecule has 158 valence electrons. The molecule has 29 heavy (non-hydrogen) atoms. The van der Waals surface area contributed by atoms with E-state index in [1.54, 1.807) is 13.8 Å². The summed E-state index contributed by atoms with van der Waals surface area (Å²) in [6.45, 7) is 7.10. The van der Waals surface area contributed by atoms with Crippen molar-refractivity contribution in [2.24, 2.45) is 0 Å². The number of β-lactam (4-membered cyclic amide) rings is 1. The van der Waals surface area contributed by atoms with Crippen LogP contribution in [0.2, 0.25) is 0 Å². The number of ether oxygens (including phenoxy) is 2. The number of halogens is 1. The fraction of sp³-hybridized carbons (Fsp3) is 0.550. The van der Waals surface area contributed by atoms with Gasteiger partial charge in [0.25, 0.3) is 0 Å². The Morgan fingerprint density at radius 3 is 2.48 bits per heavy atom. The van der Waals surface area contributed by atoms with Crippen LogP contribution in [0.15, 0.2) is 30.3 Å². The second kappa shape index (κ2) is 7.92. The van der Waals surface area contributed by atoms with Gasteiger partial charge in [-0.3, -0.25) is 4.79 Å². The maximum Gasteiger partial charge on any atom is 0.337 e.